The number of carbonyl (C=O) groups excluding carboxylic acids is 1. The van der Waals surface area contributed by atoms with Gasteiger partial charge in [0.05, 0.1) is 4.92 Å². The van der Waals surface area contributed by atoms with Gasteiger partial charge in [-0.15, -0.1) is 0 Å². The van der Waals surface area contributed by atoms with Crippen molar-refractivity contribution >= 4 is 23.5 Å². The van der Waals surface area contributed by atoms with Crippen LogP contribution in [0.2, 0.25) is 0 Å². The molecule has 1 aromatic rings. The van der Waals surface area contributed by atoms with Crippen LogP contribution in [0.4, 0.5) is 5.69 Å². The summed E-state index contributed by atoms with van der Waals surface area (Å²) in [6.45, 7) is 5.66. The van der Waals surface area contributed by atoms with Crippen LogP contribution in [-0.4, -0.2) is 75.0 Å². The number of piperazine rings is 1. The van der Waals surface area contributed by atoms with Gasteiger partial charge in [-0.1, -0.05) is 19.8 Å². The predicted molar refractivity (Wildman–Crippen MR) is 107 cm³/mol. The lowest BCUT2D eigenvalue weighted by molar-refractivity contribution is -0.384. The quantitative estimate of drug-likeness (QED) is 0.429. The van der Waals surface area contributed by atoms with Crippen molar-refractivity contribution in [2.24, 2.45) is 5.92 Å². The highest BCUT2D eigenvalue weighted by Gasteiger charge is 2.29. The first kappa shape index (κ1) is 23.3. The molecular weight excluding hydrogens is 394 g/mol. The topological polar surface area (TPSA) is 141 Å². The molecule has 1 saturated heterocycles. The number of carbonyl (C=O) groups is 3. The average molecular weight is 421 g/mol. The van der Waals surface area contributed by atoms with Crippen molar-refractivity contribution in [3.05, 3.63) is 39.9 Å². The Hall–Kier alpha value is -3.01. The molecule has 10 nitrogen and oxygen atoms in total. The zero-order valence-corrected chi connectivity index (χ0v) is 16.9. The van der Waals surface area contributed by atoms with E-state index in [4.69, 9.17) is 19.8 Å². The van der Waals surface area contributed by atoms with Crippen LogP contribution < -0.4 is 0 Å². The maximum atomic E-state index is 12.6. The molecule has 164 valence electrons. The van der Waals surface area contributed by atoms with E-state index in [0.717, 1.165) is 32.1 Å². The van der Waals surface area contributed by atoms with Crippen LogP contribution in [0.25, 0.3) is 0 Å². The highest BCUT2D eigenvalue weighted by atomic mass is 16.6. The number of non-ortho nitro benzene ring substituents is 1. The summed E-state index contributed by atoms with van der Waals surface area (Å²) in [5, 5.41) is 25.5. The van der Waals surface area contributed by atoms with Crippen LogP contribution in [0.3, 0.4) is 0 Å². The number of hydrogen-bond donors (Lipinski definition) is 2. The second-order valence-corrected chi connectivity index (χ2v) is 7.67. The van der Waals surface area contributed by atoms with E-state index in [1.165, 1.54) is 37.8 Å². The normalized spacial score (nSPS) is 21.8. The van der Waals surface area contributed by atoms with Gasteiger partial charge in [-0.3, -0.25) is 19.8 Å². The number of aliphatic carboxylic acids is 2. The van der Waals surface area contributed by atoms with E-state index >= 15 is 0 Å². The van der Waals surface area contributed by atoms with Gasteiger partial charge in [-0.25, -0.2) is 9.59 Å². The number of rotatable bonds is 3. The van der Waals surface area contributed by atoms with Crippen LogP contribution in [0.1, 0.15) is 43.0 Å². The fourth-order valence-corrected chi connectivity index (χ4v) is 3.93. The summed E-state index contributed by atoms with van der Waals surface area (Å²) in [5.74, 6) is -2.87. The molecule has 3 rings (SSSR count). The van der Waals surface area contributed by atoms with Crippen molar-refractivity contribution < 1.29 is 29.5 Å². The molecule has 2 fully saturated rings. The van der Waals surface area contributed by atoms with Gasteiger partial charge in [0.2, 0.25) is 0 Å². The van der Waals surface area contributed by atoms with Gasteiger partial charge in [0.15, 0.2) is 0 Å². The van der Waals surface area contributed by atoms with Gasteiger partial charge in [-0.2, -0.15) is 0 Å². The highest BCUT2D eigenvalue weighted by Crippen LogP contribution is 2.28. The molecule has 0 aromatic heterocycles. The first-order valence-electron chi connectivity index (χ1n) is 9.93. The zero-order valence-electron chi connectivity index (χ0n) is 16.9. The van der Waals surface area contributed by atoms with Crippen LogP contribution in [0.5, 0.6) is 0 Å². The first-order valence-corrected chi connectivity index (χ1v) is 9.93. The van der Waals surface area contributed by atoms with E-state index < -0.39 is 16.9 Å². The number of carboxylic acids is 2. The zero-order chi connectivity index (χ0) is 22.3. The summed E-state index contributed by atoms with van der Waals surface area (Å²) in [6, 6.07) is 6.57. The third-order valence-corrected chi connectivity index (χ3v) is 5.53. The first-order chi connectivity index (χ1) is 14.2. The second-order valence-electron chi connectivity index (χ2n) is 7.67. The van der Waals surface area contributed by atoms with Crippen LogP contribution in [0, 0.1) is 16.0 Å². The lowest BCUT2D eigenvalue weighted by atomic mass is 9.86. The monoisotopic (exact) mass is 421 g/mol. The Morgan fingerprint density at radius 3 is 2.03 bits per heavy atom. The lowest BCUT2D eigenvalue weighted by Gasteiger charge is -2.42. The van der Waals surface area contributed by atoms with Crippen molar-refractivity contribution in [2.45, 2.75) is 38.6 Å². The Labute approximate surface area is 174 Å². The number of carboxylic acid groups (broad SMARTS) is 2. The molecule has 2 unspecified atom stereocenters. The molecule has 1 aliphatic carbocycles. The average Bonchev–Trinajstić information content (AvgIpc) is 2.74. The van der Waals surface area contributed by atoms with Crippen molar-refractivity contribution in [1.29, 1.82) is 0 Å². The molecule has 10 heteroatoms. The Balaban J connectivity index is 0.000000469. The third kappa shape index (κ3) is 6.51. The second kappa shape index (κ2) is 10.7. The Morgan fingerprint density at radius 1 is 1.00 bits per heavy atom. The molecule has 30 heavy (non-hydrogen) atoms. The number of nitro benzene ring substituents is 1. The van der Waals surface area contributed by atoms with Crippen molar-refractivity contribution in [3.63, 3.8) is 0 Å². The van der Waals surface area contributed by atoms with Crippen molar-refractivity contribution in [1.82, 2.24) is 9.80 Å². The number of nitrogens with zero attached hydrogens (tertiary/aromatic N) is 3. The van der Waals surface area contributed by atoms with Gasteiger partial charge in [0.25, 0.3) is 11.6 Å². The van der Waals surface area contributed by atoms with E-state index in [0.29, 0.717) is 11.6 Å². The minimum atomic E-state index is -1.82. The van der Waals surface area contributed by atoms with E-state index in [2.05, 4.69) is 11.8 Å². The number of amides is 1. The summed E-state index contributed by atoms with van der Waals surface area (Å²) < 4.78 is 0. The molecule has 0 bridgehead atoms. The van der Waals surface area contributed by atoms with Gasteiger partial charge in [0, 0.05) is 49.9 Å². The third-order valence-electron chi connectivity index (χ3n) is 5.53. The minimum absolute atomic E-state index is 0.0165. The largest absolute Gasteiger partial charge is 0.473 e. The van der Waals surface area contributed by atoms with Crippen molar-refractivity contribution in [2.75, 3.05) is 26.2 Å². The molecule has 2 aliphatic rings. The number of nitro groups is 1. The van der Waals surface area contributed by atoms with Gasteiger partial charge in [-0.05, 0) is 30.9 Å². The molecular formula is C20H27N3O7. The number of hydrogen-bond acceptors (Lipinski definition) is 6. The fourth-order valence-electron chi connectivity index (χ4n) is 3.93. The van der Waals surface area contributed by atoms with E-state index in [9.17, 15) is 14.9 Å². The summed E-state index contributed by atoms with van der Waals surface area (Å²) in [6.07, 6.45) is 5.21. The minimum Gasteiger partial charge on any atom is -0.473 e. The number of benzene rings is 1. The Kier molecular flexibility index (Phi) is 8.28. The smallest absolute Gasteiger partial charge is 0.414 e. The molecule has 2 N–H and O–H groups in total. The maximum Gasteiger partial charge on any atom is 0.414 e. The lowest BCUT2D eigenvalue weighted by Crippen LogP contribution is -2.52. The van der Waals surface area contributed by atoms with Gasteiger partial charge >= 0.3 is 11.9 Å². The van der Waals surface area contributed by atoms with Crippen LogP contribution in [0.15, 0.2) is 24.3 Å². The Bertz CT molecular complexity index is 761. The van der Waals surface area contributed by atoms with Crippen molar-refractivity contribution in [3.8, 4) is 0 Å². The van der Waals surface area contributed by atoms with Gasteiger partial charge < -0.3 is 15.1 Å². The fraction of sp³-hybridized carbons (Fsp3) is 0.550. The van der Waals surface area contributed by atoms with Crippen LogP contribution in [-0.2, 0) is 9.59 Å². The summed E-state index contributed by atoms with van der Waals surface area (Å²) >= 11 is 0. The summed E-state index contributed by atoms with van der Waals surface area (Å²) in [5.41, 5.74) is 0.545. The van der Waals surface area contributed by atoms with E-state index in [1.807, 2.05) is 4.90 Å². The molecule has 1 saturated carbocycles. The van der Waals surface area contributed by atoms with E-state index in [-0.39, 0.29) is 11.6 Å². The maximum absolute atomic E-state index is 12.6. The predicted octanol–water partition coefficient (Wildman–Crippen LogP) is 2.09. The standard InChI is InChI=1S/C18H25N3O3.C2H2O4/c1-14-3-2-4-17(13-14)19-9-11-20(12-10-19)18(22)15-5-7-16(8-6-15)21(23)24;3-1(4)2(5)6/h5-8,14,17H,2-4,9-13H2,1H3;(H,3,4)(H,5,6). The summed E-state index contributed by atoms with van der Waals surface area (Å²) in [4.78, 5) is 45.4. The molecule has 1 aromatic carbocycles. The molecule has 1 amide bonds. The molecule has 0 radical (unpaired) electrons. The molecule has 0 spiro atoms. The highest BCUT2D eigenvalue weighted by molar-refractivity contribution is 6.27. The molecule has 2 atom stereocenters. The molecule has 1 heterocycles. The van der Waals surface area contributed by atoms with E-state index in [1.54, 1.807) is 12.1 Å². The summed E-state index contributed by atoms with van der Waals surface area (Å²) in [7, 11) is 0. The van der Waals surface area contributed by atoms with Crippen LogP contribution >= 0.6 is 0 Å². The Morgan fingerprint density at radius 2 is 1.57 bits per heavy atom. The SMILES string of the molecule is CC1CCCC(N2CCN(C(=O)c3ccc([N+](=O)[O-])cc3)CC2)C1.O=C(O)C(=O)O. The van der Waals surface area contributed by atoms with Gasteiger partial charge in [0.1, 0.15) is 0 Å². The molecule has 1 aliphatic heterocycles.